The molecule has 2 aliphatic rings. The van der Waals surface area contributed by atoms with E-state index in [4.69, 9.17) is 16.3 Å². The van der Waals surface area contributed by atoms with Gasteiger partial charge in [-0.25, -0.2) is 9.79 Å². The van der Waals surface area contributed by atoms with E-state index in [1.807, 2.05) is 4.90 Å². The summed E-state index contributed by atoms with van der Waals surface area (Å²) in [6.07, 6.45) is 1.65. The first kappa shape index (κ1) is 12.2. The quantitative estimate of drug-likeness (QED) is 0.405. The molecule has 1 unspecified atom stereocenters. The standard InChI is InChI=1S/C10H14ClN3O3/c1-16-9(15)7-6-8(13-10(11)12-7)14-2-4-17-5-3-14/h6,10,12H,2-5H2,1H3. The van der Waals surface area contributed by atoms with E-state index in [2.05, 4.69) is 15.0 Å². The lowest BCUT2D eigenvalue weighted by atomic mass is 10.3. The van der Waals surface area contributed by atoms with Gasteiger partial charge in [0.2, 0.25) is 0 Å². The minimum absolute atomic E-state index is 0.323. The van der Waals surface area contributed by atoms with Crippen LogP contribution >= 0.6 is 11.6 Å². The largest absolute Gasteiger partial charge is 0.464 e. The number of aliphatic imine (C=N–C) groups is 1. The highest BCUT2D eigenvalue weighted by Crippen LogP contribution is 2.11. The van der Waals surface area contributed by atoms with Crippen LogP contribution in [0.3, 0.4) is 0 Å². The molecular weight excluding hydrogens is 246 g/mol. The van der Waals surface area contributed by atoms with Gasteiger partial charge < -0.3 is 19.7 Å². The number of nitrogens with zero attached hydrogens (tertiary/aromatic N) is 2. The number of methoxy groups -OCH3 is 1. The van der Waals surface area contributed by atoms with E-state index in [0.29, 0.717) is 24.7 Å². The number of hydrogen-bond acceptors (Lipinski definition) is 6. The SMILES string of the molecule is COC(=O)C1=CC(N2CCOCC2)=NC(Cl)N1. The first-order valence-corrected chi connectivity index (χ1v) is 5.75. The topological polar surface area (TPSA) is 63.2 Å². The van der Waals surface area contributed by atoms with E-state index < -0.39 is 11.6 Å². The molecule has 0 radical (unpaired) electrons. The van der Waals surface area contributed by atoms with Gasteiger partial charge in [0.1, 0.15) is 11.5 Å². The second-order valence-electron chi connectivity index (χ2n) is 3.62. The second kappa shape index (κ2) is 5.37. The molecule has 0 amide bonds. The number of hydrogen-bond donors (Lipinski definition) is 1. The minimum Gasteiger partial charge on any atom is -0.464 e. The van der Waals surface area contributed by atoms with Gasteiger partial charge in [0.05, 0.1) is 20.3 Å². The highest BCUT2D eigenvalue weighted by Gasteiger charge is 2.23. The Bertz CT molecular complexity index is 364. The van der Waals surface area contributed by atoms with Crippen molar-refractivity contribution in [2.45, 2.75) is 5.62 Å². The van der Waals surface area contributed by atoms with E-state index in [0.717, 1.165) is 13.1 Å². The Morgan fingerprint density at radius 2 is 2.35 bits per heavy atom. The average Bonchev–Trinajstić information content (AvgIpc) is 2.38. The van der Waals surface area contributed by atoms with Crippen molar-refractivity contribution in [3.63, 3.8) is 0 Å². The van der Waals surface area contributed by atoms with Crippen LogP contribution in [0, 0.1) is 0 Å². The number of esters is 1. The van der Waals surface area contributed by atoms with Crippen LogP contribution in [0.5, 0.6) is 0 Å². The third-order valence-corrected chi connectivity index (χ3v) is 2.74. The Morgan fingerprint density at radius 1 is 1.65 bits per heavy atom. The summed E-state index contributed by atoms with van der Waals surface area (Å²) in [7, 11) is 1.33. The maximum atomic E-state index is 11.4. The molecule has 0 aliphatic carbocycles. The summed E-state index contributed by atoms with van der Waals surface area (Å²) >= 11 is 5.92. The summed E-state index contributed by atoms with van der Waals surface area (Å²) in [5.41, 5.74) is -0.323. The molecule has 0 aromatic carbocycles. The van der Waals surface area contributed by atoms with Crippen LogP contribution in [0.25, 0.3) is 0 Å². The molecule has 0 bridgehead atoms. The molecule has 7 heteroatoms. The maximum Gasteiger partial charge on any atom is 0.354 e. The highest BCUT2D eigenvalue weighted by molar-refractivity contribution is 6.22. The predicted octanol–water partition coefficient (Wildman–Crippen LogP) is -0.100. The van der Waals surface area contributed by atoms with E-state index in [1.165, 1.54) is 7.11 Å². The molecule has 1 atom stereocenters. The Labute approximate surface area is 104 Å². The van der Waals surface area contributed by atoms with E-state index in [1.54, 1.807) is 6.08 Å². The van der Waals surface area contributed by atoms with Crippen molar-refractivity contribution in [2.75, 3.05) is 33.4 Å². The number of morpholine rings is 1. The molecule has 6 nitrogen and oxygen atoms in total. The minimum atomic E-state index is -0.646. The van der Waals surface area contributed by atoms with E-state index >= 15 is 0 Å². The highest BCUT2D eigenvalue weighted by atomic mass is 35.5. The zero-order chi connectivity index (χ0) is 12.3. The molecule has 17 heavy (non-hydrogen) atoms. The Morgan fingerprint density at radius 3 is 3.00 bits per heavy atom. The molecule has 0 aromatic rings. The molecule has 2 rings (SSSR count). The van der Waals surface area contributed by atoms with Crippen LogP contribution in [0.4, 0.5) is 0 Å². The molecule has 1 N–H and O–H groups in total. The normalized spacial score (nSPS) is 24.6. The molecule has 0 saturated carbocycles. The lowest BCUT2D eigenvalue weighted by Crippen LogP contribution is -2.44. The molecule has 0 spiro atoms. The van der Waals surface area contributed by atoms with Crippen LogP contribution in [-0.4, -0.2) is 55.7 Å². The first-order valence-electron chi connectivity index (χ1n) is 5.32. The lowest BCUT2D eigenvalue weighted by molar-refractivity contribution is -0.136. The summed E-state index contributed by atoms with van der Waals surface area (Å²) < 4.78 is 9.90. The number of ether oxygens (including phenoxy) is 2. The lowest BCUT2D eigenvalue weighted by Gasteiger charge is -2.31. The zero-order valence-electron chi connectivity index (χ0n) is 9.48. The number of amidine groups is 1. The number of nitrogens with one attached hydrogen (secondary N) is 1. The van der Waals surface area contributed by atoms with Crippen molar-refractivity contribution < 1.29 is 14.3 Å². The first-order chi connectivity index (χ1) is 8.20. The van der Waals surface area contributed by atoms with E-state index in [-0.39, 0.29) is 0 Å². The van der Waals surface area contributed by atoms with Crippen LogP contribution in [-0.2, 0) is 14.3 Å². The van der Waals surface area contributed by atoms with Crippen molar-refractivity contribution in [3.05, 3.63) is 11.8 Å². The summed E-state index contributed by atoms with van der Waals surface area (Å²) in [6, 6.07) is 0. The number of halogens is 1. The van der Waals surface area contributed by atoms with Gasteiger partial charge in [-0.05, 0) is 0 Å². The summed E-state index contributed by atoms with van der Waals surface area (Å²) in [5.74, 6) is 0.240. The summed E-state index contributed by atoms with van der Waals surface area (Å²) in [4.78, 5) is 17.7. The maximum absolute atomic E-state index is 11.4. The van der Waals surface area contributed by atoms with Gasteiger partial charge in [0, 0.05) is 19.2 Å². The van der Waals surface area contributed by atoms with E-state index in [9.17, 15) is 4.79 Å². The van der Waals surface area contributed by atoms with Crippen molar-refractivity contribution in [1.29, 1.82) is 0 Å². The van der Waals surface area contributed by atoms with Crippen LogP contribution in [0.1, 0.15) is 0 Å². The summed E-state index contributed by atoms with van der Waals surface area (Å²) in [5, 5.41) is 2.74. The number of carbonyl (C=O) groups excluding carboxylic acids is 1. The molecule has 94 valence electrons. The fraction of sp³-hybridized carbons (Fsp3) is 0.600. The summed E-state index contributed by atoms with van der Waals surface area (Å²) in [6.45, 7) is 2.79. The van der Waals surface area contributed by atoms with Gasteiger partial charge in [0.25, 0.3) is 0 Å². The average molecular weight is 260 g/mol. The third-order valence-electron chi connectivity index (χ3n) is 2.53. The van der Waals surface area contributed by atoms with Gasteiger partial charge in [-0.15, -0.1) is 0 Å². The fourth-order valence-corrected chi connectivity index (χ4v) is 1.90. The number of alkyl halides is 1. The smallest absolute Gasteiger partial charge is 0.354 e. The molecule has 1 fully saturated rings. The molecule has 2 aliphatic heterocycles. The molecule has 2 heterocycles. The van der Waals surface area contributed by atoms with Gasteiger partial charge in [-0.3, -0.25) is 0 Å². The van der Waals surface area contributed by atoms with Crippen molar-refractivity contribution >= 4 is 23.4 Å². The van der Waals surface area contributed by atoms with Gasteiger partial charge in [-0.1, -0.05) is 11.6 Å². The fourth-order valence-electron chi connectivity index (χ4n) is 1.68. The van der Waals surface area contributed by atoms with Gasteiger partial charge in [-0.2, -0.15) is 0 Å². The predicted molar refractivity (Wildman–Crippen MR) is 62.7 cm³/mol. The van der Waals surface area contributed by atoms with Crippen molar-refractivity contribution in [2.24, 2.45) is 4.99 Å². The van der Waals surface area contributed by atoms with Gasteiger partial charge in [0.15, 0.2) is 5.62 Å². The second-order valence-corrected chi connectivity index (χ2v) is 4.03. The monoisotopic (exact) mass is 259 g/mol. The number of carbonyl (C=O) groups is 1. The van der Waals surface area contributed by atoms with Crippen LogP contribution in [0.15, 0.2) is 16.8 Å². The Hall–Kier alpha value is -1.27. The van der Waals surface area contributed by atoms with Crippen LogP contribution in [0.2, 0.25) is 0 Å². The van der Waals surface area contributed by atoms with Crippen molar-refractivity contribution in [1.82, 2.24) is 10.2 Å². The molecule has 1 saturated heterocycles. The third kappa shape index (κ3) is 2.89. The molecular formula is C10H14ClN3O3. The number of rotatable bonds is 1. The molecule has 0 aromatic heterocycles. The van der Waals surface area contributed by atoms with Crippen molar-refractivity contribution in [3.8, 4) is 0 Å². The van der Waals surface area contributed by atoms with Crippen LogP contribution < -0.4 is 5.32 Å². The Kier molecular flexibility index (Phi) is 3.86. The Balaban J connectivity index is 2.14. The zero-order valence-corrected chi connectivity index (χ0v) is 10.2. The van der Waals surface area contributed by atoms with Gasteiger partial charge >= 0.3 is 5.97 Å².